The number of ether oxygens (including phenoxy) is 2. The van der Waals surface area contributed by atoms with Crippen molar-refractivity contribution in [3.05, 3.63) is 59.7 Å². The van der Waals surface area contributed by atoms with Gasteiger partial charge in [0.1, 0.15) is 5.75 Å². The summed E-state index contributed by atoms with van der Waals surface area (Å²) in [5.41, 5.74) is 16.9. The molecule has 0 radical (unpaired) electrons. The number of aliphatic imine (C=N–C) groups is 1. The van der Waals surface area contributed by atoms with Gasteiger partial charge >= 0.3 is 11.9 Å². The number of esters is 2. The lowest BCUT2D eigenvalue weighted by Gasteiger charge is -2.06. The predicted molar refractivity (Wildman–Crippen MR) is 97.2 cm³/mol. The molecule has 0 aliphatic carbocycles. The Kier molecular flexibility index (Phi) is 6.48. The van der Waals surface area contributed by atoms with Crippen molar-refractivity contribution in [1.29, 1.82) is 0 Å². The summed E-state index contributed by atoms with van der Waals surface area (Å²) in [7, 11) is 0. The Morgan fingerprint density at radius 1 is 0.889 bits per heavy atom. The smallest absolute Gasteiger partial charge is 0.343 e. The van der Waals surface area contributed by atoms with Crippen LogP contribution >= 0.6 is 0 Å². The molecule has 0 aromatic heterocycles. The Morgan fingerprint density at radius 2 is 1.52 bits per heavy atom. The molecule has 0 saturated heterocycles. The summed E-state index contributed by atoms with van der Waals surface area (Å²) in [5.74, 6) is -1.64. The maximum absolute atomic E-state index is 12.1. The zero-order valence-corrected chi connectivity index (χ0v) is 14.3. The molecule has 0 heterocycles. The first-order valence-electron chi connectivity index (χ1n) is 7.78. The Balaban J connectivity index is 1.93. The van der Waals surface area contributed by atoms with E-state index in [0.29, 0.717) is 22.6 Å². The molecule has 0 aliphatic rings. The molecule has 2 rings (SSSR count). The highest BCUT2D eigenvalue weighted by Crippen LogP contribution is 2.17. The van der Waals surface area contributed by atoms with Crippen LogP contribution in [0.5, 0.6) is 5.75 Å². The third-order valence-corrected chi connectivity index (χ3v) is 3.22. The van der Waals surface area contributed by atoms with Gasteiger partial charge in [-0.15, -0.1) is 0 Å². The van der Waals surface area contributed by atoms with Gasteiger partial charge in [-0.25, -0.2) is 9.79 Å². The van der Waals surface area contributed by atoms with E-state index >= 15 is 0 Å². The first-order valence-corrected chi connectivity index (χ1v) is 7.78. The summed E-state index contributed by atoms with van der Waals surface area (Å²) < 4.78 is 9.93. The molecule has 0 aliphatic heterocycles. The number of rotatable bonds is 7. The van der Waals surface area contributed by atoms with E-state index in [9.17, 15) is 14.4 Å². The van der Waals surface area contributed by atoms with E-state index in [-0.39, 0.29) is 12.4 Å². The average Bonchev–Trinajstić information content (AvgIpc) is 2.61. The highest BCUT2D eigenvalue weighted by Gasteiger charge is 2.10. The van der Waals surface area contributed by atoms with Gasteiger partial charge in [-0.05, 0) is 42.0 Å². The Bertz CT molecular complexity index is 856. The lowest BCUT2D eigenvalue weighted by atomic mass is 10.1. The minimum absolute atomic E-state index is 0.0340. The zero-order chi connectivity index (χ0) is 19.8. The van der Waals surface area contributed by atoms with Crippen molar-refractivity contribution in [2.24, 2.45) is 22.2 Å². The summed E-state index contributed by atoms with van der Waals surface area (Å²) in [6.45, 7) is -0.462. The molecule has 27 heavy (non-hydrogen) atoms. The minimum atomic E-state index is -0.725. The normalized spacial score (nSPS) is 9.93. The summed E-state index contributed by atoms with van der Waals surface area (Å²) in [4.78, 5) is 38.1. The number of hydrogen-bond acceptors (Lipinski definition) is 6. The molecule has 2 aromatic carbocycles. The molecule has 0 saturated carbocycles. The highest BCUT2D eigenvalue weighted by atomic mass is 16.5. The Labute approximate surface area is 154 Å². The second kappa shape index (κ2) is 8.99. The van der Waals surface area contributed by atoms with Crippen LogP contribution in [0.3, 0.4) is 0 Å². The largest absolute Gasteiger partial charge is 0.455 e. The maximum Gasteiger partial charge on any atom is 0.343 e. The van der Waals surface area contributed by atoms with Crippen LogP contribution in [0.2, 0.25) is 0 Å². The van der Waals surface area contributed by atoms with Gasteiger partial charge in [0.25, 0.3) is 5.91 Å². The van der Waals surface area contributed by atoms with Gasteiger partial charge in [-0.1, -0.05) is 12.1 Å². The van der Waals surface area contributed by atoms with Crippen LogP contribution in [-0.2, 0) is 20.7 Å². The Hall–Kier alpha value is -3.88. The molecular weight excluding hydrogens is 352 g/mol. The van der Waals surface area contributed by atoms with Gasteiger partial charge < -0.3 is 26.7 Å². The highest BCUT2D eigenvalue weighted by molar-refractivity contribution is 5.91. The van der Waals surface area contributed by atoms with E-state index in [4.69, 9.17) is 21.9 Å². The topological polar surface area (TPSA) is 160 Å². The average molecular weight is 370 g/mol. The summed E-state index contributed by atoms with van der Waals surface area (Å²) in [6, 6.07) is 12.5. The monoisotopic (exact) mass is 370 g/mol. The third kappa shape index (κ3) is 6.50. The first kappa shape index (κ1) is 19.4. The van der Waals surface area contributed by atoms with Crippen LogP contribution < -0.4 is 21.9 Å². The molecule has 0 bridgehead atoms. The lowest BCUT2D eigenvalue weighted by Crippen LogP contribution is -2.21. The van der Waals surface area contributed by atoms with Crippen LogP contribution in [0.4, 0.5) is 5.69 Å². The first-order chi connectivity index (χ1) is 12.8. The summed E-state index contributed by atoms with van der Waals surface area (Å²) in [6.07, 6.45) is -0.0340. The fraction of sp³-hybridized carbons (Fsp3) is 0.111. The second-order valence-electron chi connectivity index (χ2n) is 5.42. The number of primary amides is 1. The van der Waals surface area contributed by atoms with Gasteiger partial charge in [0.2, 0.25) is 0 Å². The van der Waals surface area contributed by atoms with Crippen molar-refractivity contribution in [3.8, 4) is 5.75 Å². The zero-order valence-electron chi connectivity index (χ0n) is 14.3. The molecule has 9 heteroatoms. The van der Waals surface area contributed by atoms with E-state index in [1.807, 2.05) is 0 Å². The molecule has 6 N–H and O–H groups in total. The van der Waals surface area contributed by atoms with Crippen molar-refractivity contribution in [3.63, 3.8) is 0 Å². The Morgan fingerprint density at radius 3 is 2.07 bits per heavy atom. The molecule has 1 amide bonds. The fourth-order valence-electron chi connectivity index (χ4n) is 2.03. The number of guanidine groups is 1. The number of hydrogen-bond donors (Lipinski definition) is 3. The van der Waals surface area contributed by atoms with E-state index < -0.39 is 24.5 Å². The number of benzene rings is 2. The van der Waals surface area contributed by atoms with Crippen LogP contribution in [0.15, 0.2) is 53.5 Å². The van der Waals surface area contributed by atoms with Gasteiger partial charge in [-0.2, -0.15) is 0 Å². The summed E-state index contributed by atoms with van der Waals surface area (Å²) >= 11 is 0. The lowest BCUT2D eigenvalue weighted by molar-refractivity contribution is -0.147. The van der Waals surface area contributed by atoms with Gasteiger partial charge in [0.05, 0.1) is 17.7 Å². The molecule has 140 valence electrons. The van der Waals surface area contributed by atoms with Crippen LogP contribution in [-0.4, -0.2) is 30.4 Å². The van der Waals surface area contributed by atoms with Crippen LogP contribution in [0.25, 0.3) is 0 Å². The van der Waals surface area contributed by atoms with Gasteiger partial charge in [-0.3, -0.25) is 9.59 Å². The number of carbonyl (C=O) groups excluding carboxylic acids is 3. The van der Waals surface area contributed by atoms with Crippen LogP contribution in [0, 0.1) is 0 Å². The number of carbonyl (C=O) groups is 3. The molecular formula is C18H18N4O5. The molecule has 0 spiro atoms. The molecule has 9 nitrogen and oxygen atoms in total. The van der Waals surface area contributed by atoms with Gasteiger partial charge in [0.15, 0.2) is 12.6 Å². The van der Waals surface area contributed by atoms with E-state index in [1.165, 1.54) is 12.1 Å². The molecule has 0 fully saturated rings. The molecule has 2 aromatic rings. The fourth-order valence-corrected chi connectivity index (χ4v) is 2.03. The molecule has 0 atom stereocenters. The van der Waals surface area contributed by atoms with Crippen molar-refractivity contribution in [2.45, 2.75) is 6.42 Å². The van der Waals surface area contributed by atoms with Crippen molar-refractivity contribution in [1.82, 2.24) is 0 Å². The standard InChI is InChI=1S/C18H18N4O5/c19-15(23)10-26-16(24)9-11-1-7-14(8-2-11)27-17(25)12-3-5-13(6-4-12)22-18(20)21/h1-8H,9-10H2,(H2,19,23)(H4,20,21,22). The van der Waals surface area contributed by atoms with E-state index in [2.05, 4.69) is 9.73 Å². The van der Waals surface area contributed by atoms with Crippen molar-refractivity contribution >= 4 is 29.5 Å². The van der Waals surface area contributed by atoms with Crippen molar-refractivity contribution in [2.75, 3.05) is 6.61 Å². The predicted octanol–water partition coefficient (Wildman–Crippen LogP) is 0.382. The van der Waals surface area contributed by atoms with E-state index in [0.717, 1.165) is 0 Å². The summed E-state index contributed by atoms with van der Waals surface area (Å²) in [5, 5.41) is 0. The third-order valence-electron chi connectivity index (χ3n) is 3.22. The van der Waals surface area contributed by atoms with E-state index in [1.54, 1.807) is 36.4 Å². The number of nitrogens with zero attached hydrogens (tertiary/aromatic N) is 1. The maximum atomic E-state index is 12.1. The number of nitrogens with two attached hydrogens (primary N) is 3. The van der Waals surface area contributed by atoms with Gasteiger partial charge in [0, 0.05) is 0 Å². The second-order valence-corrected chi connectivity index (χ2v) is 5.42. The molecule has 0 unspecified atom stereocenters. The quantitative estimate of drug-likeness (QED) is 0.275. The van der Waals surface area contributed by atoms with Crippen LogP contribution in [0.1, 0.15) is 15.9 Å². The SMILES string of the molecule is NC(=O)COC(=O)Cc1ccc(OC(=O)c2ccc(N=C(N)N)cc2)cc1. The minimum Gasteiger partial charge on any atom is -0.455 e. The number of amides is 1. The van der Waals surface area contributed by atoms with Crippen molar-refractivity contribution < 1.29 is 23.9 Å².